The first kappa shape index (κ1) is 11.7. The number of hydrogen-bond acceptors (Lipinski definition) is 3. The van der Waals surface area contributed by atoms with Crippen molar-refractivity contribution in [3.8, 4) is 11.1 Å². The number of anilines is 1. The zero-order valence-electron chi connectivity index (χ0n) is 10.1. The standard InChI is InChI=1S/C13H17N3O/c1-13(2,17)7-9-4-3-5-10(6-9)11-8-15-16-12(11)14/h3-6,8,17H,7H2,1-2H3,(H3,14,15,16). The average molecular weight is 231 g/mol. The van der Waals surface area contributed by atoms with Gasteiger partial charge in [-0.25, -0.2) is 0 Å². The first-order valence-electron chi connectivity index (χ1n) is 5.56. The summed E-state index contributed by atoms with van der Waals surface area (Å²) in [6.07, 6.45) is 2.32. The van der Waals surface area contributed by atoms with Crippen molar-refractivity contribution in [2.24, 2.45) is 0 Å². The van der Waals surface area contributed by atoms with E-state index >= 15 is 0 Å². The lowest BCUT2D eigenvalue weighted by atomic mass is 9.96. The number of aromatic nitrogens is 2. The summed E-state index contributed by atoms with van der Waals surface area (Å²) in [5, 5.41) is 16.4. The molecule has 0 saturated carbocycles. The molecule has 90 valence electrons. The number of aromatic amines is 1. The number of benzene rings is 1. The number of H-pyrrole nitrogens is 1. The minimum absolute atomic E-state index is 0.561. The highest BCUT2D eigenvalue weighted by Crippen LogP contribution is 2.25. The molecule has 4 heteroatoms. The molecule has 2 aromatic rings. The van der Waals surface area contributed by atoms with Crippen molar-refractivity contribution in [2.75, 3.05) is 5.73 Å². The summed E-state index contributed by atoms with van der Waals surface area (Å²) < 4.78 is 0. The lowest BCUT2D eigenvalue weighted by Crippen LogP contribution is -2.21. The summed E-state index contributed by atoms with van der Waals surface area (Å²) in [4.78, 5) is 0. The van der Waals surface area contributed by atoms with E-state index in [0.717, 1.165) is 16.7 Å². The number of nitrogens with two attached hydrogens (primary N) is 1. The predicted molar refractivity (Wildman–Crippen MR) is 68.4 cm³/mol. The second kappa shape index (κ2) is 4.22. The van der Waals surface area contributed by atoms with Gasteiger partial charge in [-0.3, -0.25) is 5.10 Å². The fourth-order valence-corrected chi connectivity index (χ4v) is 1.87. The number of hydrogen-bond donors (Lipinski definition) is 3. The van der Waals surface area contributed by atoms with Crippen LogP contribution in [0.1, 0.15) is 19.4 Å². The van der Waals surface area contributed by atoms with Crippen LogP contribution in [0.15, 0.2) is 30.5 Å². The Morgan fingerprint density at radius 1 is 1.41 bits per heavy atom. The number of rotatable bonds is 3. The molecule has 0 atom stereocenters. The third-order valence-electron chi connectivity index (χ3n) is 2.54. The molecule has 0 fully saturated rings. The molecule has 1 aromatic carbocycles. The maximum atomic E-state index is 9.80. The predicted octanol–water partition coefficient (Wildman–Crippen LogP) is 1.97. The third-order valence-corrected chi connectivity index (χ3v) is 2.54. The van der Waals surface area contributed by atoms with Crippen molar-refractivity contribution in [3.05, 3.63) is 36.0 Å². The summed E-state index contributed by atoms with van der Waals surface area (Å²) >= 11 is 0. The second-order valence-electron chi connectivity index (χ2n) is 4.89. The van der Waals surface area contributed by atoms with Gasteiger partial charge in [0.2, 0.25) is 0 Å². The van der Waals surface area contributed by atoms with E-state index in [-0.39, 0.29) is 0 Å². The van der Waals surface area contributed by atoms with E-state index in [1.54, 1.807) is 20.0 Å². The molecular weight excluding hydrogens is 214 g/mol. The summed E-state index contributed by atoms with van der Waals surface area (Å²) in [5.41, 5.74) is 8.06. The lowest BCUT2D eigenvalue weighted by Gasteiger charge is -2.17. The van der Waals surface area contributed by atoms with Gasteiger partial charge >= 0.3 is 0 Å². The van der Waals surface area contributed by atoms with Gasteiger partial charge in [0.15, 0.2) is 0 Å². The monoisotopic (exact) mass is 231 g/mol. The van der Waals surface area contributed by atoms with Gasteiger partial charge in [-0.15, -0.1) is 0 Å². The SMILES string of the molecule is CC(C)(O)Cc1cccc(-c2cn[nH]c2N)c1. The van der Waals surface area contributed by atoms with Crippen LogP contribution < -0.4 is 5.73 Å². The topological polar surface area (TPSA) is 74.9 Å². The molecular formula is C13H17N3O. The normalized spacial score (nSPS) is 11.7. The summed E-state index contributed by atoms with van der Waals surface area (Å²) in [5.74, 6) is 0.561. The van der Waals surface area contributed by atoms with Crippen molar-refractivity contribution in [2.45, 2.75) is 25.9 Å². The number of nitrogens with one attached hydrogen (secondary N) is 1. The largest absolute Gasteiger partial charge is 0.390 e. The Balaban J connectivity index is 2.32. The fourth-order valence-electron chi connectivity index (χ4n) is 1.87. The van der Waals surface area contributed by atoms with Gasteiger partial charge in [0.05, 0.1) is 11.8 Å². The van der Waals surface area contributed by atoms with Crippen LogP contribution in [0.2, 0.25) is 0 Å². The first-order chi connectivity index (χ1) is 7.96. The lowest BCUT2D eigenvalue weighted by molar-refractivity contribution is 0.0810. The van der Waals surface area contributed by atoms with E-state index in [4.69, 9.17) is 5.73 Å². The smallest absolute Gasteiger partial charge is 0.126 e. The summed E-state index contributed by atoms with van der Waals surface area (Å²) in [6, 6.07) is 7.97. The van der Waals surface area contributed by atoms with Crippen LogP contribution in [0.5, 0.6) is 0 Å². The maximum absolute atomic E-state index is 9.80. The molecule has 17 heavy (non-hydrogen) atoms. The molecule has 0 saturated heterocycles. The van der Waals surface area contributed by atoms with Crippen LogP contribution in [-0.4, -0.2) is 20.9 Å². The zero-order chi connectivity index (χ0) is 12.5. The highest BCUT2D eigenvalue weighted by atomic mass is 16.3. The van der Waals surface area contributed by atoms with Crippen LogP contribution in [-0.2, 0) is 6.42 Å². The minimum Gasteiger partial charge on any atom is -0.390 e. The van der Waals surface area contributed by atoms with Crippen molar-refractivity contribution in [3.63, 3.8) is 0 Å². The van der Waals surface area contributed by atoms with Gasteiger partial charge in [-0.1, -0.05) is 24.3 Å². The van der Waals surface area contributed by atoms with Gasteiger partial charge in [-0.05, 0) is 25.0 Å². The minimum atomic E-state index is -0.708. The van der Waals surface area contributed by atoms with Crippen LogP contribution in [0.4, 0.5) is 5.82 Å². The van der Waals surface area contributed by atoms with E-state index in [1.807, 2.05) is 24.3 Å². The van der Waals surface area contributed by atoms with Crippen LogP contribution in [0.25, 0.3) is 11.1 Å². The maximum Gasteiger partial charge on any atom is 0.126 e. The Morgan fingerprint density at radius 2 is 2.18 bits per heavy atom. The Kier molecular flexibility index (Phi) is 2.90. The van der Waals surface area contributed by atoms with Gasteiger partial charge in [0.25, 0.3) is 0 Å². The van der Waals surface area contributed by atoms with Crippen LogP contribution in [0.3, 0.4) is 0 Å². The second-order valence-corrected chi connectivity index (χ2v) is 4.89. The van der Waals surface area contributed by atoms with Gasteiger partial charge in [0, 0.05) is 12.0 Å². The Bertz CT molecular complexity index is 511. The molecule has 0 amide bonds. The van der Waals surface area contributed by atoms with Crippen molar-refractivity contribution < 1.29 is 5.11 Å². The van der Waals surface area contributed by atoms with Crippen molar-refractivity contribution in [1.82, 2.24) is 10.2 Å². The molecule has 4 N–H and O–H groups in total. The van der Waals surface area contributed by atoms with Crippen LogP contribution in [0, 0.1) is 0 Å². The number of nitrogen functional groups attached to an aromatic ring is 1. The Labute approximate surface area is 100 Å². The molecule has 0 aliphatic carbocycles. The average Bonchev–Trinajstić information content (AvgIpc) is 2.62. The Hall–Kier alpha value is -1.81. The summed E-state index contributed by atoms with van der Waals surface area (Å²) in [7, 11) is 0. The van der Waals surface area contributed by atoms with Gasteiger partial charge in [0.1, 0.15) is 5.82 Å². The van der Waals surface area contributed by atoms with E-state index in [2.05, 4.69) is 10.2 Å². The molecule has 1 aromatic heterocycles. The van der Waals surface area contributed by atoms with E-state index in [0.29, 0.717) is 12.2 Å². The third kappa shape index (κ3) is 2.85. The highest BCUT2D eigenvalue weighted by Gasteiger charge is 2.14. The quantitative estimate of drug-likeness (QED) is 0.756. The van der Waals surface area contributed by atoms with E-state index in [9.17, 15) is 5.11 Å². The molecule has 4 nitrogen and oxygen atoms in total. The van der Waals surface area contributed by atoms with Gasteiger partial charge in [-0.2, -0.15) is 5.10 Å². The van der Waals surface area contributed by atoms with Gasteiger partial charge < -0.3 is 10.8 Å². The van der Waals surface area contributed by atoms with Crippen molar-refractivity contribution in [1.29, 1.82) is 0 Å². The van der Waals surface area contributed by atoms with E-state index in [1.165, 1.54) is 0 Å². The highest BCUT2D eigenvalue weighted by molar-refractivity contribution is 5.73. The molecule has 0 unspecified atom stereocenters. The molecule has 0 aliphatic rings. The van der Waals surface area contributed by atoms with Crippen LogP contribution >= 0.6 is 0 Å². The molecule has 1 heterocycles. The summed E-state index contributed by atoms with van der Waals surface area (Å²) in [6.45, 7) is 3.60. The zero-order valence-corrected chi connectivity index (χ0v) is 10.1. The first-order valence-corrected chi connectivity index (χ1v) is 5.56. The molecule has 0 aliphatic heterocycles. The molecule has 0 bridgehead atoms. The van der Waals surface area contributed by atoms with E-state index < -0.39 is 5.60 Å². The van der Waals surface area contributed by atoms with Crippen molar-refractivity contribution >= 4 is 5.82 Å². The molecule has 0 spiro atoms. The molecule has 2 rings (SSSR count). The molecule has 0 radical (unpaired) electrons. The Morgan fingerprint density at radius 3 is 2.76 bits per heavy atom. The number of aliphatic hydroxyl groups is 1. The number of nitrogens with zero attached hydrogens (tertiary/aromatic N) is 1. The fraction of sp³-hybridized carbons (Fsp3) is 0.308.